The minimum Gasteiger partial charge on any atom is -0.277 e. The van der Waals surface area contributed by atoms with Crippen LogP contribution in [0.1, 0.15) is 22.3 Å². The maximum absolute atomic E-state index is 4.99. The van der Waals surface area contributed by atoms with Crippen molar-refractivity contribution in [3.63, 3.8) is 0 Å². The van der Waals surface area contributed by atoms with Gasteiger partial charge >= 0.3 is 0 Å². The van der Waals surface area contributed by atoms with E-state index < -0.39 is 0 Å². The van der Waals surface area contributed by atoms with Crippen LogP contribution in [0.2, 0.25) is 0 Å². The lowest BCUT2D eigenvalue weighted by Gasteiger charge is -2.08. The molecule has 122 valence electrons. The number of aryl methyl sites for hydroxylation is 3. The van der Waals surface area contributed by atoms with E-state index in [0.29, 0.717) is 0 Å². The summed E-state index contributed by atoms with van der Waals surface area (Å²) in [6.07, 6.45) is 0. The van der Waals surface area contributed by atoms with Gasteiger partial charge in [0.2, 0.25) is 0 Å². The fourth-order valence-electron chi connectivity index (χ4n) is 4.05. The highest BCUT2D eigenvalue weighted by Gasteiger charge is 2.17. The Morgan fingerprint density at radius 3 is 2.40 bits per heavy atom. The van der Waals surface area contributed by atoms with E-state index >= 15 is 0 Å². The number of benzene rings is 3. The Kier molecular flexibility index (Phi) is 2.76. The number of para-hydroxylation sites is 1. The zero-order chi connectivity index (χ0) is 17.3. The van der Waals surface area contributed by atoms with Gasteiger partial charge < -0.3 is 0 Å². The van der Waals surface area contributed by atoms with E-state index in [9.17, 15) is 0 Å². The Balaban J connectivity index is 2.08. The first kappa shape index (κ1) is 14.4. The van der Waals surface area contributed by atoms with Crippen LogP contribution in [0, 0.1) is 27.7 Å². The summed E-state index contributed by atoms with van der Waals surface area (Å²) in [6, 6.07) is 12.8. The van der Waals surface area contributed by atoms with Gasteiger partial charge in [-0.05, 0) is 68.1 Å². The number of aromatic nitrogens is 3. The van der Waals surface area contributed by atoms with Crippen molar-refractivity contribution < 1.29 is 0 Å². The van der Waals surface area contributed by atoms with Crippen LogP contribution >= 0.6 is 0 Å². The lowest BCUT2D eigenvalue weighted by molar-refractivity contribution is 1.12. The second-order valence-corrected chi connectivity index (χ2v) is 7.03. The van der Waals surface area contributed by atoms with E-state index in [1.54, 1.807) is 0 Å². The Hall–Kier alpha value is -2.94. The SMILES string of the molecule is Cc1cc2nc3c4n[nH]c5ccccc5c4cc(C)c3c2c(C)c1C. The summed E-state index contributed by atoms with van der Waals surface area (Å²) in [5.74, 6) is 0. The molecule has 0 aliphatic rings. The van der Waals surface area contributed by atoms with Gasteiger partial charge in [0.1, 0.15) is 5.52 Å². The van der Waals surface area contributed by atoms with Gasteiger partial charge in [-0.1, -0.05) is 18.2 Å². The van der Waals surface area contributed by atoms with Gasteiger partial charge in [-0.25, -0.2) is 4.98 Å². The summed E-state index contributed by atoms with van der Waals surface area (Å²) in [4.78, 5) is 4.99. The topological polar surface area (TPSA) is 41.6 Å². The number of hydrogen-bond donors (Lipinski definition) is 1. The second-order valence-electron chi connectivity index (χ2n) is 7.03. The van der Waals surface area contributed by atoms with Crippen LogP contribution in [-0.2, 0) is 0 Å². The third-order valence-electron chi connectivity index (χ3n) is 5.60. The quantitative estimate of drug-likeness (QED) is 0.374. The Bertz CT molecular complexity index is 1330. The van der Waals surface area contributed by atoms with E-state index in [1.807, 2.05) is 6.07 Å². The van der Waals surface area contributed by atoms with Crippen molar-refractivity contribution >= 4 is 43.6 Å². The largest absolute Gasteiger partial charge is 0.277 e. The highest BCUT2D eigenvalue weighted by molar-refractivity contribution is 6.21. The number of rotatable bonds is 0. The minimum atomic E-state index is 0.949. The monoisotopic (exact) mass is 325 g/mol. The molecule has 0 atom stereocenters. The van der Waals surface area contributed by atoms with E-state index in [2.05, 4.69) is 68.2 Å². The molecule has 1 N–H and O–H groups in total. The molecule has 3 aromatic carbocycles. The van der Waals surface area contributed by atoms with E-state index in [4.69, 9.17) is 4.98 Å². The summed E-state index contributed by atoms with van der Waals surface area (Å²) >= 11 is 0. The average Bonchev–Trinajstić information content (AvgIpc) is 3.00. The molecule has 0 saturated heterocycles. The predicted molar refractivity (Wildman–Crippen MR) is 105 cm³/mol. The normalized spacial score (nSPS) is 12.0. The van der Waals surface area contributed by atoms with Crippen molar-refractivity contribution in [3.8, 4) is 0 Å². The van der Waals surface area contributed by atoms with E-state index in [1.165, 1.54) is 38.4 Å². The zero-order valence-electron chi connectivity index (χ0n) is 14.9. The molecule has 0 amide bonds. The molecule has 0 saturated carbocycles. The average molecular weight is 325 g/mol. The van der Waals surface area contributed by atoms with Crippen LogP contribution in [0.15, 0.2) is 36.4 Å². The smallest absolute Gasteiger partial charge is 0.118 e. The Labute approximate surface area is 145 Å². The number of aromatic amines is 1. The summed E-state index contributed by atoms with van der Waals surface area (Å²) in [5, 5.41) is 12.7. The number of nitrogens with one attached hydrogen (secondary N) is 1. The highest BCUT2D eigenvalue weighted by atomic mass is 15.1. The molecule has 0 aliphatic carbocycles. The van der Waals surface area contributed by atoms with Gasteiger partial charge in [-0.2, -0.15) is 5.10 Å². The lowest BCUT2D eigenvalue weighted by Crippen LogP contribution is -1.90. The van der Waals surface area contributed by atoms with Crippen molar-refractivity contribution in [2.45, 2.75) is 27.7 Å². The second kappa shape index (κ2) is 4.79. The molecule has 5 rings (SSSR count). The molecule has 3 nitrogen and oxygen atoms in total. The molecule has 0 radical (unpaired) electrons. The fourth-order valence-corrected chi connectivity index (χ4v) is 4.05. The van der Waals surface area contributed by atoms with Gasteiger partial charge in [-0.15, -0.1) is 0 Å². The van der Waals surface area contributed by atoms with Crippen molar-refractivity contribution in [3.05, 3.63) is 58.7 Å². The first-order chi connectivity index (χ1) is 12.1. The number of H-pyrrole nitrogens is 1. The molecule has 25 heavy (non-hydrogen) atoms. The van der Waals surface area contributed by atoms with Crippen LogP contribution < -0.4 is 0 Å². The summed E-state index contributed by atoms with van der Waals surface area (Å²) in [6.45, 7) is 8.74. The molecule has 0 fully saturated rings. The molecule has 0 unspecified atom stereocenters. The van der Waals surface area contributed by atoms with Gasteiger partial charge in [0.15, 0.2) is 0 Å². The van der Waals surface area contributed by atoms with Crippen molar-refractivity contribution in [2.24, 2.45) is 0 Å². The molecule has 2 heterocycles. The maximum Gasteiger partial charge on any atom is 0.118 e. The third-order valence-corrected chi connectivity index (χ3v) is 5.60. The van der Waals surface area contributed by atoms with Gasteiger partial charge in [0, 0.05) is 21.5 Å². The Morgan fingerprint density at radius 1 is 0.760 bits per heavy atom. The van der Waals surface area contributed by atoms with E-state index in [-0.39, 0.29) is 0 Å². The van der Waals surface area contributed by atoms with Gasteiger partial charge in [0.25, 0.3) is 0 Å². The van der Waals surface area contributed by atoms with Crippen LogP contribution in [0.3, 0.4) is 0 Å². The molecule has 0 aliphatic heterocycles. The predicted octanol–water partition coefficient (Wildman–Crippen LogP) is 5.65. The summed E-state index contributed by atoms with van der Waals surface area (Å²) in [5.41, 5.74) is 9.29. The maximum atomic E-state index is 4.99. The number of nitrogens with zero attached hydrogens (tertiary/aromatic N) is 2. The van der Waals surface area contributed by atoms with Crippen molar-refractivity contribution in [1.29, 1.82) is 0 Å². The van der Waals surface area contributed by atoms with Crippen LogP contribution in [0.25, 0.3) is 43.6 Å². The van der Waals surface area contributed by atoms with Gasteiger partial charge in [-0.3, -0.25) is 5.10 Å². The van der Waals surface area contributed by atoms with Crippen molar-refractivity contribution in [1.82, 2.24) is 15.2 Å². The molecule has 0 bridgehead atoms. The van der Waals surface area contributed by atoms with Crippen LogP contribution in [-0.4, -0.2) is 15.2 Å². The third kappa shape index (κ3) is 1.81. The molecule has 0 spiro atoms. The lowest BCUT2D eigenvalue weighted by atomic mass is 9.96. The highest BCUT2D eigenvalue weighted by Crippen LogP contribution is 2.37. The standard InChI is InChI=1S/C22H19N3/c1-11-10-18-20(14(4)13(11)3)19-12(2)9-16-15-7-5-6-8-17(15)24-25-21(16)22(19)23-18/h5-10,24H,1-4H3. The number of fused-ring (bicyclic) bond motifs is 7. The van der Waals surface area contributed by atoms with Crippen LogP contribution in [0.4, 0.5) is 0 Å². The van der Waals surface area contributed by atoms with E-state index in [0.717, 1.165) is 27.5 Å². The molecule has 3 heteroatoms. The first-order valence-electron chi connectivity index (χ1n) is 8.63. The van der Waals surface area contributed by atoms with Crippen molar-refractivity contribution in [2.75, 3.05) is 0 Å². The molecular weight excluding hydrogens is 306 g/mol. The first-order valence-corrected chi connectivity index (χ1v) is 8.63. The molecule has 2 aromatic heterocycles. The zero-order valence-corrected chi connectivity index (χ0v) is 14.9. The number of hydrogen-bond acceptors (Lipinski definition) is 2. The van der Waals surface area contributed by atoms with Gasteiger partial charge in [0.05, 0.1) is 16.6 Å². The molecule has 5 aromatic rings. The minimum absolute atomic E-state index is 0.949. The molecular formula is C22H19N3. The van der Waals surface area contributed by atoms with Crippen LogP contribution in [0.5, 0.6) is 0 Å². The Morgan fingerprint density at radius 2 is 1.56 bits per heavy atom. The summed E-state index contributed by atoms with van der Waals surface area (Å²) < 4.78 is 0. The fraction of sp³-hybridized carbons (Fsp3) is 0.182. The summed E-state index contributed by atoms with van der Waals surface area (Å²) in [7, 11) is 0.